The summed E-state index contributed by atoms with van der Waals surface area (Å²) >= 11 is 0. The zero-order valence-electron chi connectivity index (χ0n) is 36.3. The fourth-order valence-corrected chi connectivity index (χ4v) is 8.60. The van der Waals surface area contributed by atoms with E-state index in [2.05, 4.69) is 147 Å². The van der Waals surface area contributed by atoms with Gasteiger partial charge in [-0.3, -0.25) is 0 Å². The van der Waals surface area contributed by atoms with E-state index < -0.39 is 0 Å². The lowest BCUT2D eigenvalue weighted by Crippen LogP contribution is -1.87. The molecule has 0 aliphatic rings. The summed E-state index contributed by atoms with van der Waals surface area (Å²) in [6.07, 6.45) is 39.2. The predicted molar refractivity (Wildman–Crippen MR) is 261 cm³/mol. The summed E-state index contributed by atoms with van der Waals surface area (Å²) in [4.78, 5) is 0. The minimum atomic E-state index is 1.20. The predicted octanol–water partition coefficient (Wildman–Crippen LogP) is 18.4. The maximum atomic E-state index is 2.36. The van der Waals surface area contributed by atoms with Crippen molar-refractivity contribution in [3.8, 4) is 0 Å². The third-order valence-electron chi connectivity index (χ3n) is 12.3. The fourth-order valence-electron chi connectivity index (χ4n) is 8.60. The van der Waals surface area contributed by atoms with Crippen LogP contribution in [-0.2, 0) is 12.8 Å². The molecule has 58 heavy (non-hydrogen) atoms. The Morgan fingerprint density at radius 3 is 0.897 bits per heavy atom. The molecule has 0 spiro atoms. The number of benzene rings is 6. The van der Waals surface area contributed by atoms with E-state index in [4.69, 9.17) is 0 Å². The number of hydrogen-bond acceptors (Lipinski definition) is 0. The zero-order valence-corrected chi connectivity index (χ0v) is 36.3. The highest BCUT2D eigenvalue weighted by molar-refractivity contribution is 6.05. The molecule has 304 valence electrons. The molecular formula is C58H72. The first kappa shape index (κ1) is 43.2. The fraction of sp³-hybridized carbons (Fsp3) is 0.414. The summed E-state index contributed by atoms with van der Waals surface area (Å²) < 4.78 is 0. The van der Waals surface area contributed by atoms with Crippen molar-refractivity contribution in [2.45, 2.75) is 155 Å². The Hall–Kier alpha value is -4.42. The highest BCUT2D eigenvalue weighted by Crippen LogP contribution is 2.30. The second-order valence-electron chi connectivity index (χ2n) is 17.3. The number of aryl methyl sites for hydroxylation is 2. The number of hydrogen-bond donors (Lipinski definition) is 0. The van der Waals surface area contributed by atoms with Crippen LogP contribution in [-0.4, -0.2) is 0 Å². The van der Waals surface area contributed by atoms with Gasteiger partial charge in [-0.05, 0) is 128 Å². The van der Waals surface area contributed by atoms with Gasteiger partial charge in [-0.1, -0.05) is 227 Å². The van der Waals surface area contributed by atoms with Gasteiger partial charge in [-0.15, -0.1) is 0 Å². The van der Waals surface area contributed by atoms with Crippen molar-refractivity contribution < 1.29 is 0 Å². The van der Waals surface area contributed by atoms with E-state index in [9.17, 15) is 0 Å². The van der Waals surface area contributed by atoms with Crippen LogP contribution in [0.5, 0.6) is 0 Å². The smallest absolute Gasteiger partial charge is 0.0171 e. The molecule has 0 atom stereocenters. The van der Waals surface area contributed by atoms with Crippen LogP contribution in [0.15, 0.2) is 109 Å². The molecule has 0 unspecified atom stereocenters. The largest absolute Gasteiger partial charge is 0.0654 e. The SMILES string of the molecule is CCCCCCCCCCCCc1ccc(/C=C/c2ccc3cc4cc5cc(/C=C/c6ccc(CCCCCCCCCCCC)cc6)ccc5cc4cc3c2)cc1. The average molecular weight is 769 g/mol. The lowest BCUT2D eigenvalue weighted by molar-refractivity contribution is 0.556. The molecule has 0 saturated carbocycles. The number of rotatable bonds is 26. The normalized spacial score (nSPS) is 12.0. The third-order valence-corrected chi connectivity index (χ3v) is 12.3. The lowest BCUT2D eigenvalue weighted by atomic mass is 9.97. The minimum Gasteiger partial charge on any atom is -0.0654 e. The number of fused-ring (bicyclic) bond motifs is 3. The topological polar surface area (TPSA) is 0 Å². The van der Waals surface area contributed by atoms with Crippen molar-refractivity contribution in [2.24, 2.45) is 0 Å². The van der Waals surface area contributed by atoms with E-state index >= 15 is 0 Å². The summed E-state index contributed by atoms with van der Waals surface area (Å²) in [5, 5.41) is 7.73. The standard InChI is InChI=1S/C58H72/c1-3-5-7-9-11-13-15-17-19-21-23-47-25-29-49(30-26-47)33-35-51-37-39-53-43-58-46-56-42-52(38-40-54(56)44-57(58)45-55(53)41-51)36-34-50-31-27-48(28-32-50)24-22-20-18-16-14-12-10-8-6-4-2/h25-46H,3-24H2,1-2H3/b35-33+,36-34+. The molecule has 0 amide bonds. The molecule has 6 aromatic rings. The van der Waals surface area contributed by atoms with Crippen molar-refractivity contribution in [1.82, 2.24) is 0 Å². The molecule has 0 bridgehead atoms. The van der Waals surface area contributed by atoms with Crippen LogP contribution < -0.4 is 0 Å². The molecular weight excluding hydrogens is 697 g/mol. The van der Waals surface area contributed by atoms with Crippen molar-refractivity contribution in [3.05, 3.63) is 143 Å². The quantitative estimate of drug-likeness (QED) is 0.0293. The van der Waals surface area contributed by atoms with Crippen molar-refractivity contribution in [2.75, 3.05) is 0 Å². The molecule has 0 aliphatic heterocycles. The van der Waals surface area contributed by atoms with Gasteiger partial charge in [0, 0.05) is 0 Å². The van der Waals surface area contributed by atoms with Gasteiger partial charge in [-0.25, -0.2) is 0 Å². The van der Waals surface area contributed by atoms with E-state index in [1.54, 1.807) is 0 Å². The van der Waals surface area contributed by atoms with Crippen molar-refractivity contribution >= 4 is 56.6 Å². The minimum absolute atomic E-state index is 1.20. The van der Waals surface area contributed by atoms with Gasteiger partial charge in [-0.2, -0.15) is 0 Å². The Balaban J connectivity index is 0.966. The van der Waals surface area contributed by atoms with Crippen LogP contribution in [0.2, 0.25) is 0 Å². The van der Waals surface area contributed by atoms with Crippen molar-refractivity contribution in [1.29, 1.82) is 0 Å². The van der Waals surface area contributed by atoms with Crippen LogP contribution in [0.1, 0.15) is 176 Å². The van der Waals surface area contributed by atoms with Crippen LogP contribution >= 0.6 is 0 Å². The van der Waals surface area contributed by atoms with Crippen LogP contribution in [0, 0.1) is 0 Å². The second kappa shape index (κ2) is 24.5. The van der Waals surface area contributed by atoms with Crippen LogP contribution in [0.3, 0.4) is 0 Å². The highest BCUT2D eigenvalue weighted by Gasteiger charge is 2.04. The van der Waals surface area contributed by atoms with Gasteiger partial charge in [0.05, 0.1) is 0 Å². The molecule has 6 rings (SSSR count). The molecule has 0 fully saturated rings. The van der Waals surface area contributed by atoms with Crippen LogP contribution in [0.25, 0.3) is 56.6 Å². The van der Waals surface area contributed by atoms with Crippen molar-refractivity contribution in [3.63, 3.8) is 0 Å². The van der Waals surface area contributed by atoms with E-state index in [1.165, 1.54) is 207 Å². The van der Waals surface area contributed by atoms with Gasteiger partial charge < -0.3 is 0 Å². The maximum Gasteiger partial charge on any atom is -0.0171 e. The lowest BCUT2D eigenvalue weighted by Gasteiger charge is -2.07. The van der Waals surface area contributed by atoms with E-state index in [-0.39, 0.29) is 0 Å². The number of unbranched alkanes of at least 4 members (excludes halogenated alkanes) is 18. The summed E-state index contributed by atoms with van der Waals surface area (Å²) in [7, 11) is 0. The Labute approximate surface area is 352 Å². The van der Waals surface area contributed by atoms with Gasteiger partial charge >= 0.3 is 0 Å². The first-order valence-electron chi connectivity index (χ1n) is 23.6. The molecule has 0 N–H and O–H groups in total. The molecule has 0 saturated heterocycles. The first-order chi connectivity index (χ1) is 28.7. The van der Waals surface area contributed by atoms with E-state index in [0.29, 0.717) is 0 Å². The van der Waals surface area contributed by atoms with Gasteiger partial charge in [0.2, 0.25) is 0 Å². The van der Waals surface area contributed by atoms with Gasteiger partial charge in [0.1, 0.15) is 0 Å². The second-order valence-corrected chi connectivity index (χ2v) is 17.3. The zero-order chi connectivity index (χ0) is 40.0. The first-order valence-corrected chi connectivity index (χ1v) is 23.6. The Bertz CT molecular complexity index is 1990. The van der Waals surface area contributed by atoms with Gasteiger partial charge in [0.15, 0.2) is 0 Å². The van der Waals surface area contributed by atoms with Gasteiger partial charge in [0.25, 0.3) is 0 Å². The molecule has 0 heterocycles. The average Bonchev–Trinajstić information content (AvgIpc) is 3.25. The molecule has 0 aromatic heterocycles. The molecule has 6 aromatic carbocycles. The highest BCUT2D eigenvalue weighted by atomic mass is 14.1. The summed E-state index contributed by atoms with van der Waals surface area (Å²) in [5.41, 5.74) is 7.93. The Morgan fingerprint density at radius 1 is 0.259 bits per heavy atom. The Morgan fingerprint density at radius 2 is 0.534 bits per heavy atom. The molecule has 0 nitrogen and oxygen atoms in total. The molecule has 0 aliphatic carbocycles. The summed E-state index contributed by atoms with van der Waals surface area (Å²) in [6, 6.07) is 41.5. The van der Waals surface area contributed by atoms with Crippen LogP contribution in [0.4, 0.5) is 0 Å². The molecule has 0 radical (unpaired) electrons. The monoisotopic (exact) mass is 769 g/mol. The summed E-state index contributed by atoms with van der Waals surface area (Å²) in [6.45, 7) is 4.59. The maximum absolute atomic E-state index is 2.36. The molecule has 0 heteroatoms. The third kappa shape index (κ3) is 14.4. The van der Waals surface area contributed by atoms with E-state index in [1.807, 2.05) is 0 Å². The Kier molecular flexibility index (Phi) is 18.2. The van der Waals surface area contributed by atoms with E-state index in [0.717, 1.165) is 0 Å². The summed E-state index contributed by atoms with van der Waals surface area (Å²) in [5.74, 6) is 0.